The molecule has 0 N–H and O–H groups in total. The van der Waals surface area contributed by atoms with Gasteiger partial charge < -0.3 is 0 Å². The second-order valence-electron chi connectivity index (χ2n) is 2.57. The number of hydrogen-bond donors (Lipinski definition) is 0. The second-order valence-corrected chi connectivity index (χ2v) is 3.01. The molecule has 0 radical (unpaired) electrons. The fraction of sp³-hybridized carbons (Fsp3) is 0.250. The van der Waals surface area contributed by atoms with Gasteiger partial charge in [-0.2, -0.15) is 13.2 Å². The molecule has 0 aliphatic rings. The molecule has 72 valence electrons. The van der Waals surface area contributed by atoms with E-state index >= 15 is 0 Å². The number of rotatable bonds is 1. The molecular formula is C8H5ClF4. The number of benzene rings is 1. The van der Waals surface area contributed by atoms with Gasteiger partial charge >= 0.3 is 6.18 Å². The summed E-state index contributed by atoms with van der Waals surface area (Å²) in [5.74, 6) is -0.758. The molecule has 0 spiro atoms. The maximum absolute atomic E-state index is 12.6. The minimum absolute atomic E-state index is 0.0285. The summed E-state index contributed by atoms with van der Waals surface area (Å²) in [4.78, 5) is 0. The van der Waals surface area contributed by atoms with Crippen LogP contribution >= 0.6 is 11.6 Å². The molecule has 0 unspecified atom stereocenters. The molecule has 0 aliphatic carbocycles. The van der Waals surface area contributed by atoms with Gasteiger partial charge in [-0.1, -0.05) is 11.6 Å². The van der Waals surface area contributed by atoms with Crippen molar-refractivity contribution in [2.45, 2.75) is 12.6 Å². The Morgan fingerprint density at radius 1 is 1.15 bits per heavy atom. The predicted octanol–water partition coefficient (Wildman–Crippen LogP) is 3.58. The zero-order valence-electron chi connectivity index (χ0n) is 6.33. The van der Waals surface area contributed by atoms with Gasteiger partial charge in [-0.3, -0.25) is 0 Å². The van der Waals surface area contributed by atoms with E-state index in [4.69, 9.17) is 11.6 Å². The molecule has 0 fully saturated rings. The maximum Gasteiger partial charge on any atom is 0.393 e. The highest BCUT2D eigenvalue weighted by molar-refractivity contribution is 6.30. The van der Waals surface area contributed by atoms with Gasteiger partial charge in [0.2, 0.25) is 0 Å². The Kier molecular flexibility index (Phi) is 2.81. The van der Waals surface area contributed by atoms with E-state index in [1.165, 1.54) is 0 Å². The minimum Gasteiger partial charge on any atom is -0.207 e. The molecule has 0 bridgehead atoms. The zero-order valence-corrected chi connectivity index (χ0v) is 7.08. The third-order valence-corrected chi connectivity index (χ3v) is 1.55. The SMILES string of the molecule is Fc1cc(Cl)cc(CC(F)(F)F)c1. The Balaban J connectivity index is 2.90. The van der Waals surface area contributed by atoms with Crippen molar-refractivity contribution in [1.82, 2.24) is 0 Å². The first-order chi connectivity index (χ1) is 5.87. The molecule has 0 aliphatic heterocycles. The molecule has 0 saturated heterocycles. The van der Waals surface area contributed by atoms with Crippen molar-refractivity contribution in [3.8, 4) is 0 Å². The van der Waals surface area contributed by atoms with E-state index in [9.17, 15) is 17.6 Å². The lowest BCUT2D eigenvalue weighted by Gasteiger charge is -2.06. The van der Waals surface area contributed by atoms with E-state index in [2.05, 4.69) is 0 Å². The molecule has 1 aromatic rings. The second kappa shape index (κ2) is 3.54. The lowest BCUT2D eigenvalue weighted by atomic mass is 10.1. The summed E-state index contributed by atoms with van der Waals surface area (Å²) in [5.41, 5.74) is -0.169. The van der Waals surface area contributed by atoms with Crippen LogP contribution in [-0.4, -0.2) is 6.18 Å². The van der Waals surface area contributed by atoms with Gasteiger partial charge in [0, 0.05) is 5.02 Å². The van der Waals surface area contributed by atoms with Crippen molar-refractivity contribution in [3.63, 3.8) is 0 Å². The Bertz CT molecular complexity index is 285. The van der Waals surface area contributed by atoms with E-state index in [0.29, 0.717) is 0 Å². The summed E-state index contributed by atoms with van der Waals surface area (Å²) in [6.07, 6.45) is -5.50. The van der Waals surface area contributed by atoms with Crippen LogP contribution in [0.5, 0.6) is 0 Å². The lowest BCUT2D eigenvalue weighted by molar-refractivity contribution is -0.127. The van der Waals surface area contributed by atoms with Crippen LogP contribution in [0.3, 0.4) is 0 Å². The van der Waals surface area contributed by atoms with Crippen LogP contribution < -0.4 is 0 Å². The van der Waals surface area contributed by atoms with Crippen LogP contribution in [0.2, 0.25) is 5.02 Å². The van der Waals surface area contributed by atoms with Crippen LogP contribution in [0.15, 0.2) is 18.2 Å². The normalized spacial score (nSPS) is 11.8. The molecule has 13 heavy (non-hydrogen) atoms. The molecule has 1 aromatic carbocycles. The average Bonchev–Trinajstić information content (AvgIpc) is 1.78. The van der Waals surface area contributed by atoms with Crippen molar-refractivity contribution in [1.29, 1.82) is 0 Å². The highest BCUT2D eigenvalue weighted by Gasteiger charge is 2.27. The van der Waals surface area contributed by atoms with Gasteiger partial charge in [-0.15, -0.1) is 0 Å². The summed E-state index contributed by atoms with van der Waals surface area (Å²) >= 11 is 5.37. The fourth-order valence-electron chi connectivity index (χ4n) is 0.944. The summed E-state index contributed by atoms with van der Waals surface area (Å²) in [7, 11) is 0. The smallest absolute Gasteiger partial charge is 0.207 e. The zero-order chi connectivity index (χ0) is 10.1. The monoisotopic (exact) mass is 212 g/mol. The van der Waals surface area contributed by atoms with Crippen molar-refractivity contribution in [3.05, 3.63) is 34.6 Å². The molecule has 0 heterocycles. The summed E-state index contributed by atoms with van der Waals surface area (Å²) in [6.45, 7) is 0. The van der Waals surface area contributed by atoms with Crippen molar-refractivity contribution in [2.24, 2.45) is 0 Å². The molecule has 5 heteroatoms. The van der Waals surface area contributed by atoms with Crippen molar-refractivity contribution in [2.75, 3.05) is 0 Å². The topological polar surface area (TPSA) is 0 Å². The highest BCUT2D eigenvalue weighted by Crippen LogP contribution is 2.23. The molecule has 1 rings (SSSR count). The van der Waals surface area contributed by atoms with Crippen molar-refractivity contribution >= 4 is 11.6 Å². The summed E-state index contributed by atoms with van der Waals surface area (Å²) in [6, 6.07) is 2.87. The molecule has 0 amide bonds. The molecule has 0 aromatic heterocycles. The van der Waals surface area contributed by atoms with Crippen LogP contribution in [0.4, 0.5) is 17.6 Å². The third kappa shape index (κ3) is 3.63. The molecule has 0 atom stereocenters. The molecular weight excluding hydrogens is 208 g/mol. The Hall–Kier alpha value is -0.770. The summed E-state index contributed by atoms with van der Waals surface area (Å²) in [5, 5.41) is -0.0285. The van der Waals surface area contributed by atoms with E-state index in [1.54, 1.807) is 0 Å². The van der Waals surface area contributed by atoms with Gasteiger partial charge in [0.05, 0.1) is 6.42 Å². The fourth-order valence-corrected chi connectivity index (χ4v) is 1.19. The minimum atomic E-state index is -4.34. The number of halogens is 5. The first-order valence-corrected chi connectivity index (χ1v) is 3.76. The standard InChI is InChI=1S/C8H5ClF4/c9-6-1-5(2-7(10)3-6)4-8(11,12)13/h1-3H,4H2. The third-order valence-electron chi connectivity index (χ3n) is 1.33. The van der Waals surface area contributed by atoms with Crippen molar-refractivity contribution < 1.29 is 17.6 Å². The quantitative estimate of drug-likeness (QED) is 0.624. The highest BCUT2D eigenvalue weighted by atomic mass is 35.5. The van der Waals surface area contributed by atoms with Gasteiger partial charge in [0.25, 0.3) is 0 Å². The first kappa shape index (κ1) is 10.3. The van der Waals surface area contributed by atoms with Gasteiger partial charge in [0.15, 0.2) is 0 Å². The van der Waals surface area contributed by atoms with Crippen LogP contribution in [0.1, 0.15) is 5.56 Å². The van der Waals surface area contributed by atoms with Gasteiger partial charge in [-0.05, 0) is 23.8 Å². The average molecular weight is 213 g/mol. The number of hydrogen-bond acceptors (Lipinski definition) is 0. The summed E-state index contributed by atoms with van der Waals surface area (Å²) < 4.78 is 48.1. The maximum atomic E-state index is 12.6. The largest absolute Gasteiger partial charge is 0.393 e. The Labute approximate surface area is 77.1 Å². The first-order valence-electron chi connectivity index (χ1n) is 3.38. The Morgan fingerprint density at radius 3 is 2.23 bits per heavy atom. The van der Waals surface area contributed by atoms with Crippen LogP contribution in [0, 0.1) is 5.82 Å². The van der Waals surface area contributed by atoms with E-state index in [0.717, 1.165) is 18.2 Å². The molecule has 0 nitrogen and oxygen atoms in total. The molecule has 0 saturated carbocycles. The predicted molar refractivity (Wildman–Crippen MR) is 41.2 cm³/mol. The van der Waals surface area contributed by atoms with Crippen LogP contribution in [-0.2, 0) is 6.42 Å². The van der Waals surface area contributed by atoms with Gasteiger partial charge in [-0.25, -0.2) is 4.39 Å². The van der Waals surface area contributed by atoms with E-state index in [1.807, 2.05) is 0 Å². The van der Waals surface area contributed by atoms with E-state index < -0.39 is 18.4 Å². The number of alkyl halides is 3. The Morgan fingerprint density at radius 2 is 1.77 bits per heavy atom. The van der Waals surface area contributed by atoms with E-state index in [-0.39, 0.29) is 10.6 Å². The lowest BCUT2D eigenvalue weighted by Crippen LogP contribution is -2.11. The van der Waals surface area contributed by atoms with Crippen LogP contribution in [0.25, 0.3) is 0 Å². The van der Waals surface area contributed by atoms with Gasteiger partial charge in [0.1, 0.15) is 5.82 Å².